The molecule has 0 aliphatic carbocycles. The topological polar surface area (TPSA) is 45.6 Å². The molecule has 2 heterocycles. The molecule has 3 aromatic rings. The lowest BCUT2D eigenvalue weighted by Crippen LogP contribution is -2.31. The van der Waals surface area contributed by atoms with E-state index in [1.807, 2.05) is 42.5 Å². The van der Waals surface area contributed by atoms with Crippen LogP contribution in [0.4, 0.5) is 0 Å². The van der Waals surface area contributed by atoms with Gasteiger partial charge in [0.25, 0.3) is 0 Å². The van der Waals surface area contributed by atoms with E-state index in [2.05, 4.69) is 11.0 Å². The second-order valence-corrected chi connectivity index (χ2v) is 7.42. The highest BCUT2D eigenvalue weighted by molar-refractivity contribution is 6.31. The maximum absolute atomic E-state index is 9.69. The van der Waals surface area contributed by atoms with Crippen LogP contribution in [0.5, 0.6) is 5.75 Å². The SMILES string of the molecule is COc1ccccc1-c1nc2cc(Cl)ccc2cc1CN1CCC[C@H]1CO. The largest absolute Gasteiger partial charge is 0.496 e. The first-order valence-corrected chi connectivity index (χ1v) is 9.65. The van der Waals surface area contributed by atoms with Crippen molar-refractivity contribution in [1.29, 1.82) is 0 Å². The quantitative estimate of drug-likeness (QED) is 0.704. The standard InChI is InChI=1S/C22H23ClN2O2/c1-27-21-7-3-2-6-19(21)22-16(13-25-10-4-5-18(25)14-26)11-15-8-9-17(23)12-20(15)24-22/h2-3,6-9,11-12,18,26H,4-5,10,13-14H2,1H3/t18-/m0/s1. The third kappa shape index (κ3) is 3.65. The molecule has 0 bridgehead atoms. The summed E-state index contributed by atoms with van der Waals surface area (Å²) in [5.74, 6) is 0.799. The lowest BCUT2D eigenvalue weighted by atomic mass is 10.0. The summed E-state index contributed by atoms with van der Waals surface area (Å²) in [4.78, 5) is 7.30. The Hall–Kier alpha value is -2.14. The van der Waals surface area contributed by atoms with Gasteiger partial charge in [-0.15, -0.1) is 0 Å². The van der Waals surface area contributed by atoms with E-state index in [-0.39, 0.29) is 12.6 Å². The van der Waals surface area contributed by atoms with Crippen LogP contribution in [0.1, 0.15) is 18.4 Å². The predicted octanol–water partition coefficient (Wildman–Crippen LogP) is 4.52. The van der Waals surface area contributed by atoms with Crippen LogP contribution in [0.15, 0.2) is 48.5 Å². The number of hydrogen-bond donors (Lipinski definition) is 1. The third-order valence-corrected chi connectivity index (χ3v) is 5.54. The highest BCUT2D eigenvalue weighted by Gasteiger charge is 2.25. The number of halogens is 1. The average Bonchev–Trinajstić information content (AvgIpc) is 3.14. The van der Waals surface area contributed by atoms with Crippen LogP contribution in [0, 0.1) is 0 Å². The molecule has 0 spiro atoms. The number of para-hydroxylation sites is 1. The molecule has 0 amide bonds. The summed E-state index contributed by atoms with van der Waals surface area (Å²) in [5, 5.41) is 11.4. The van der Waals surface area contributed by atoms with Crippen LogP contribution in [-0.2, 0) is 6.54 Å². The third-order valence-electron chi connectivity index (χ3n) is 5.30. The number of nitrogens with zero attached hydrogens (tertiary/aromatic N) is 2. The Balaban J connectivity index is 1.86. The lowest BCUT2D eigenvalue weighted by Gasteiger charge is -2.24. The monoisotopic (exact) mass is 382 g/mol. The molecule has 5 heteroatoms. The fourth-order valence-corrected chi connectivity index (χ4v) is 4.07. The van der Waals surface area contributed by atoms with Gasteiger partial charge in [0.1, 0.15) is 5.75 Å². The number of pyridine rings is 1. The molecule has 1 atom stereocenters. The fraction of sp³-hybridized carbons (Fsp3) is 0.318. The van der Waals surface area contributed by atoms with Crippen molar-refractivity contribution in [2.75, 3.05) is 20.3 Å². The lowest BCUT2D eigenvalue weighted by molar-refractivity contribution is 0.153. The van der Waals surface area contributed by atoms with E-state index in [0.29, 0.717) is 5.02 Å². The summed E-state index contributed by atoms with van der Waals surface area (Å²) in [6.45, 7) is 1.94. The average molecular weight is 383 g/mol. The van der Waals surface area contributed by atoms with E-state index in [1.165, 1.54) is 0 Å². The van der Waals surface area contributed by atoms with Crippen LogP contribution in [0.25, 0.3) is 22.2 Å². The maximum atomic E-state index is 9.69. The van der Waals surface area contributed by atoms with E-state index in [4.69, 9.17) is 21.3 Å². The first-order valence-electron chi connectivity index (χ1n) is 9.27. The van der Waals surface area contributed by atoms with E-state index < -0.39 is 0 Å². The van der Waals surface area contributed by atoms with Crippen molar-refractivity contribution < 1.29 is 9.84 Å². The summed E-state index contributed by atoms with van der Waals surface area (Å²) in [6, 6.07) is 16.2. The number of aromatic nitrogens is 1. The van der Waals surface area contributed by atoms with E-state index in [9.17, 15) is 5.11 Å². The smallest absolute Gasteiger partial charge is 0.128 e. The molecule has 140 valence electrons. The van der Waals surface area contributed by atoms with Crippen LogP contribution < -0.4 is 4.74 Å². The number of likely N-dealkylation sites (tertiary alicyclic amines) is 1. The van der Waals surface area contributed by atoms with Gasteiger partial charge in [-0.05, 0) is 55.3 Å². The van der Waals surface area contributed by atoms with Gasteiger partial charge < -0.3 is 9.84 Å². The Labute approximate surface area is 164 Å². The van der Waals surface area contributed by atoms with Gasteiger partial charge in [0, 0.05) is 28.6 Å². The Morgan fingerprint density at radius 1 is 1.22 bits per heavy atom. The molecule has 27 heavy (non-hydrogen) atoms. The number of aliphatic hydroxyl groups excluding tert-OH is 1. The van der Waals surface area contributed by atoms with Crippen molar-refractivity contribution in [2.24, 2.45) is 0 Å². The van der Waals surface area contributed by atoms with E-state index in [1.54, 1.807) is 7.11 Å². The maximum Gasteiger partial charge on any atom is 0.128 e. The van der Waals surface area contributed by atoms with Gasteiger partial charge >= 0.3 is 0 Å². The molecule has 0 unspecified atom stereocenters. The Kier molecular flexibility index (Phi) is 5.30. The minimum atomic E-state index is 0.195. The van der Waals surface area contributed by atoms with Gasteiger partial charge in [0.2, 0.25) is 0 Å². The number of hydrogen-bond acceptors (Lipinski definition) is 4. The van der Waals surface area contributed by atoms with Gasteiger partial charge in [0.05, 0.1) is 24.9 Å². The number of methoxy groups -OCH3 is 1. The van der Waals surface area contributed by atoms with Gasteiger partial charge in [-0.25, -0.2) is 4.98 Å². The Morgan fingerprint density at radius 3 is 2.89 bits per heavy atom. The minimum absolute atomic E-state index is 0.195. The van der Waals surface area contributed by atoms with Crippen LogP contribution in [0.3, 0.4) is 0 Å². The van der Waals surface area contributed by atoms with Gasteiger partial charge in [-0.1, -0.05) is 29.8 Å². The van der Waals surface area contributed by atoms with Crippen molar-refractivity contribution in [3.05, 3.63) is 59.1 Å². The number of benzene rings is 2. The summed E-state index contributed by atoms with van der Waals surface area (Å²) in [7, 11) is 1.68. The molecule has 4 nitrogen and oxygen atoms in total. The summed E-state index contributed by atoms with van der Waals surface area (Å²) in [5.41, 5.74) is 3.88. The van der Waals surface area contributed by atoms with Gasteiger partial charge in [-0.2, -0.15) is 0 Å². The zero-order chi connectivity index (χ0) is 18.8. The van der Waals surface area contributed by atoms with E-state index >= 15 is 0 Å². The molecule has 1 aliphatic rings. The predicted molar refractivity (Wildman–Crippen MR) is 109 cm³/mol. The van der Waals surface area contributed by atoms with E-state index in [0.717, 1.165) is 59.4 Å². The summed E-state index contributed by atoms with van der Waals surface area (Å²) >= 11 is 6.19. The number of ether oxygens (including phenoxy) is 1. The van der Waals surface area contributed by atoms with Crippen LogP contribution in [-0.4, -0.2) is 41.3 Å². The van der Waals surface area contributed by atoms with Gasteiger partial charge in [-0.3, -0.25) is 4.90 Å². The van der Waals surface area contributed by atoms with Crippen molar-refractivity contribution in [2.45, 2.75) is 25.4 Å². The second-order valence-electron chi connectivity index (χ2n) is 6.98. The molecule has 1 aromatic heterocycles. The Bertz CT molecular complexity index is 960. The first-order chi connectivity index (χ1) is 13.2. The highest BCUT2D eigenvalue weighted by atomic mass is 35.5. The molecule has 4 rings (SSSR count). The molecular formula is C22H23ClN2O2. The summed E-state index contributed by atoms with van der Waals surface area (Å²) < 4.78 is 5.58. The normalized spacial score (nSPS) is 17.5. The van der Waals surface area contributed by atoms with Crippen molar-refractivity contribution in [3.8, 4) is 17.0 Å². The van der Waals surface area contributed by atoms with Crippen molar-refractivity contribution >= 4 is 22.5 Å². The zero-order valence-corrected chi connectivity index (χ0v) is 16.1. The first kappa shape index (κ1) is 18.2. The molecule has 0 saturated carbocycles. The van der Waals surface area contributed by atoms with Crippen molar-refractivity contribution in [3.63, 3.8) is 0 Å². The second kappa shape index (κ2) is 7.85. The molecule has 1 fully saturated rings. The molecule has 1 saturated heterocycles. The molecule has 1 aliphatic heterocycles. The number of rotatable bonds is 5. The van der Waals surface area contributed by atoms with Gasteiger partial charge in [0.15, 0.2) is 0 Å². The number of fused-ring (bicyclic) bond motifs is 1. The Morgan fingerprint density at radius 2 is 2.07 bits per heavy atom. The van der Waals surface area contributed by atoms with Crippen LogP contribution in [0.2, 0.25) is 5.02 Å². The molecule has 1 N–H and O–H groups in total. The highest BCUT2D eigenvalue weighted by Crippen LogP contribution is 2.34. The number of aliphatic hydroxyl groups is 1. The van der Waals surface area contributed by atoms with Crippen LogP contribution >= 0.6 is 11.6 Å². The molecule has 0 radical (unpaired) electrons. The van der Waals surface area contributed by atoms with Crippen molar-refractivity contribution in [1.82, 2.24) is 9.88 Å². The molecule has 2 aromatic carbocycles. The molecular weight excluding hydrogens is 360 g/mol. The zero-order valence-electron chi connectivity index (χ0n) is 15.4. The summed E-state index contributed by atoms with van der Waals surface area (Å²) in [6.07, 6.45) is 2.16. The minimum Gasteiger partial charge on any atom is -0.496 e. The fourth-order valence-electron chi connectivity index (χ4n) is 3.91.